The lowest BCUT2D eigenvalue weighted by Gasteiger charge is -2.38. The summed E-state index contributed by atoms with van der Waals surface area (Å²) in [4.78, 5) is 20.7. The van der Waals surface area contributed by atoms with Crippen LogP contribution in [0.4, 0.5) is 15.9 Å². The molecule has 3 aliphatic rings. The summed E-state index contributed by atoms with van der Waals surface area (Å²) in [7, 11) is 2.14. The smallest absolute Gasteiger partial charge is 0.318 e. The monoisotopic (exact) mass is 561 g/mol. The number of imidazole rings is 1. The fourth-order valence-corrected chi connectivity index (χ4v) is 6.76. The Morgan fingerprint density at radius 3 is 2.77 bits per heavy atom. The molecule has 10 heteroatoms. The van der Waals surface area contributed by atoms with Gasteiger partial charge >= 0.3 is 6.01 Å². The van der Waals surface area contributed by atoms with E-state index in [1.807, 2.05) is 16.7 Å². The molecule has 1 saturated heterocycles. The highest BCUT2D eigenvalue weighted by Crippen LogP contribution is 2.38. The number of hydrogen-bond acceptors (Lipinski definition) is 7. The summed E-state index contributed by atoms with van der Waals surface area (Å²) in [5.74, 6) is 0.425. The Morgan fingerprint density at radius 2 is 1.95 bits per heavy atom. The van der Waals surface area contributed by atoms with Crippen LogP contribution in [0.15, 0.2) is 42.7 Å². The zero-order chi connectivity index (χ0) is 27.4. The van der Waals surface area contributed by atoms with E-state index in [0.29, 0.717) is 44.0 Å². The maximum absolute atomic E-state index is 14.6. The number of anilines is 2. The van der Waals surface area contributed by atoms with Gasteiger partial charge in [-0.1, -0.05) is 35.9 Å². The van der Waals surface area contributed by atoms with Gasteiger partial charge in [-0.3, -0.25) is 0 Å². The van der Waals surface area contributed by atoms with E-state index in [1.54, 1.807) is 6.33 Å². The van der Waals surface area contributed by atoms with Crippen molar-refractivity contribution in [3.8, 4) is 6.01 Å². The highest BCUT2D eigenvalue weighted by molar-refractivity contribution is 6.36. The van der Waals surface area contributed by atoms with Crippen molar-refractivity contribution in [3.05, 3.63) is 70.6 Å². The second-order valence-corrected chi connectivity index (χ2v) is 11.6. The van der Waals surface area contributed by atoms with E-state index in [9.17, 15) is 4.39 Å². The maximum Gasteiger partial charge on any atom is 0.318 e. The lowest BCUT2D eigenvalue weighted by Crippen LogP contribution is -2.43. The van der Waals surface area contributed by atoms with E-state index in [0.717, 1.165) is 64.5 Å². The molecule has 0 amide bonds. The van der Waals surface area contributed by atoms with Crippen LogP contribution >= 0.6 is 11.6 Å². The number of ether oxygens (including phenoxy) is 1. The molecular weight excluding hydrogens is 529 g/mol. The van der Waals surface area contributed by atoms with Crippen molar-refractivity contribution in [2.24, 2.45) is 0 Å². The van der Waals surface area contributed by atoms with Gasteiger partial charge in [0.05, 0.1) is 35.8 Å². The summed E-state index contributed by atoms with van der Waals surface area (Å²) in [5.41, 5.74) is 3.74. The largest absolute Gasteiger partial charge is 0.462 e. The third-order valence-electron chi connectivity index (χ3n) is 8.75. The van der Waals surface area contributed by atoms with Crippen molar-refractivity contribution >= 4 is 33.9 Å². The van der Waals surface area contributed by atoms with Crippen molar-refractivity contribution in [1.82, 2.24) is 24.4 Å². The molecule has 7 rings (SSSR count). The van der Waals surface area contributed by atoms with Crippen LogP contribution < -0.4 is 14.5 Å². The summed E-state index contributed by atoms with van der Waals surface area (Å²) in [6.07, 6.45) is 4.64. The molecule has 8 nitrogen and oxygen atoms in total. The third kappa shape index (κ3) is 4.45. The minimum Gasteiger partial charge on any atom is -0.462 e. The van der Waals surface area contributed by atoms with Gasteiger partial charge in [-0.15, -0.1) is 0 Å². The molecule has 0 aliphatic carbocycles. The molecule has 40 heavy (non-hydrogen) atoms. The Hall–Kier alpha value is -3.43. The highest BCUT2D eigenvalue weighted by atomic mass is 35.5. The maximum atomic E-state index is 14.6. The molecule has 1 fully saturated rings. The van der Waals surface area contributed by atoms with Gasteiger partial charge in [0.2, 0.25) is 5.95 Å². The van der Waals surface area contributed by atoms with Gasteiger partial charge in [-0.25, -0.2) is 4.98 Å². The van der Waals surface area contributed by atoms with Gasteiger partial charge in [0.15, 0.2) is 0 Å². The first-order chi connectivity index (χ1) is 19.5. The van der Waals surface area contributed by atoms with Crippen molar-refractivity contribution < 1.29 is 9.13 Å². The van der Waals surface area contributed by atoms with Crippen LogP contribution in [0.5, 0.6) is 6.01 Å². The quantitative estimate of drug-likeness (QED) is 0.337. The Balaban J connectivity index is 1.26. The van der Waals surface area contributed by atoms with Crippen LogP contribution in [0.2, 0.25) is 5.02 Å². The van der Waals surface area contributed by atoms with Crippen LogP contribution in [0, 0.1) is 5.95 Å². The van der Waals surface area contributed by atoms with Crippen LogP contribution in [0.1, 0.15) is 36.7 Å². The molecule has 0 unspecified atom stereocenters. The fraction of sp³-hybridized carbons (Fsp3) is 0.433. The number of aromatic nitrogens is 4. The van der Waals surface area contributed by atoms with Gasteiger partial charge in [0, 0.05) is 41.8 Å². The molecule has 0 saturated carbocycles. The van der Waals surface area contributed by atoms with Gasteiger partial charge in [0.1, 0.15) is 12.4 Å². The highest BCUT2D eigenvalue weighted by Gasteiger charge is 2.33. The molecular formula is C30H33ClFN7O. The van der Waals surface area contributed by atoms with Crippen LogP contribution in [0.3, 0.4) is 0 Å². The van der Waals surface area contributed by atoms with Crippen molar-refractivity contribution in [2.45, 2.75) is 57.9 Å². The van der Waals surface area contributed by atoms with E-state index < -0.39 is 5.95 Å². The normalized spacial score (nSPS) is 21.1. The number of likely N-dealkylation sites (tertiary alicyclic amines) is 1. The molecule has 3 aliphatic heterocycles. The van der Waals surface area contributed by atoms with Crippen molar-refractivity contribution in [2.75, 3.05) is 36.5 Å². The first-order valence-electron chi connectivity index (χ1n) is 14.1. The third-order valence-corrected chi connectivity index (χ3v) is 9.07. The Morgan fingerprint density at radius 1 is 1.10 bits per heavy atom. The number of hydrogen-bond donors (Lipinski definition) is 0. The average Bonchev–Trinajstić information content (AvgIpc) is 3.54. The van der Waals surface area contributed by atoms with E-state index in [-0.39, 0.29) is 6.04 Å². The Kier molecular flexibility index (Phi) is 6.51. The molecule has 0 radical (unpaired) electrons. The fourth-order valence-electron chi connectivity index (χ4n) is 6.48. The first kappa shape index (κ1) is 25.5. The van der Waals surface area contributed by atoms with Gasteiger partial charge in [0.25, 0.3) is 0 Å². The number of benzene rings is 2. The standard InChI is InChI=1S/C30H33ClFN7O/c1-19-14-38-18-33-28(32)26(38)16-39(19)29-22-11-13-37(25-10-4-7-20-6-3-9-23(31)27(20)25)15-24(22)34-30(35-29)40-17-21-8-5-12-36(21)2/h3-4,6-7,9-10,18-19,21H,5,8,11-17H2,1-2H3/t19-,21+/m1/s1. The first-order valence-corrected chi connectivity index (χ1v) is 14.4. The average molecular weight is 562 g/mol. The van der Waals surface area contributed by atoms with Crippen molar-refractivity contribution in [1.29, 1.82) is 0 Å². The Labute approximate surface area is 238 Å². The lowest BCUT2D eigenvalue weighted by molar-refractivity contribution is 0.187. The van der Waals surface area contributed by atoms with Gasteiger partial charge in [-0.2, -0.15) is 14.4 Å². The molecule has 0 N–H and O–H groups in total. The molecule has 0 bridgehead atoms. The van der Waals surface area contributed by atoms with E-state index >= 15 is 0 Å². The predicted molar refractivity (Wildman–Crippen MR) is 155 cm³/mol. The second kappa shape index (κ2) is 10.2. The summed E-state index contributed by atoms with van der Waals surface area (Å²) in [5, 5.41) is 2.91. The zero-order valence-corrected chi connectivity index (χ0v) is 23.6. The molecule has 2 aromatic heterocycles. The summed E-state index contributed by atoms with van der Waals surface area (Å²) < 4.78 is 22.7. The number of likely N-dealkylation sites (N-methyl/N-ethyl adjacent to an activating group) is 1. The zero-order valence-electron chi connectivity index (χ0n) is 22.9. The van der Waals surface area contributed by atoms with Crippen molar-refractivity contribution in [3.63, 3.8) is 0 Å². The Bertz CT molecular complexity index is 1570. The lowest BCUT2D eigenvalue weighted by atomic mass is 10.0. The van der Waals surface area contributed by atoms with E-state index in [2.05, 4.69) is 57.9 Å². The number of rotatable bonds is 5. The molecule has 2 atom stereocenters. The number of fused-ring (bicyclic) bond motifs is 3. The minimum atomic E-state index is -0.417. The van der Waals surface area contributed by atoms with E-state index in [1.165, 1.54) is 6.42 Å². The topological polar surface area (TPSA) is 62.6 Å². The van der Waals surface area contributed by atoms with Gasteiger partial charge in [-0.05, 0) is 57.3 Å². The summed E-state index contributed by atoms with van der Waals surface area (Å²) in [6, 6.07) is 13.2. The predicted octanol–water partition coefficient (Wildman–Crippen LogP) is 5.06. The molecule has 0 spiro atoms. The minimum absolute atomic E-state index is 0.115. The van der Waals surface area contributed by atoms with E-state index in [4.69, 9.17) is 26.3 Å². The van der Waals surface area contributed by atoms with Gasteiger partial charge < -0.3 is 24.0 Å². The molecule has 2 aromatic carbocycles. The molecule has 208 valence electrons. The molecule has 4 aromatic rings. The van der Waals surface area contributed by atoms with Crippen LogP contribution in [-0.2, 0) is 26.1 Å². The summed E-state index contributed by atoms with van der Waals surface area (Å²) >= 11 is 6.69. The van der Waals surface area contributed by atoms with Crippen LogP contribution in [-0.4, -0.2) is 63.2 Å². The molecule has 5 heterocycles. The number of nitrogens with zero attached hydrogens (tertiary/aromatic N) is 7. The number of halogens is 2. The SMILES string of the molecule is C[C@@H]1Cn2cnc(F)c2CN1c1nc(OC[C@@H]2CCCN2C)nc2c1CCN(c1cccc3cccc(Cl)c13)C2. The van der Waals surface area contributed by atoms with Crippen LogP contribution in [0.25, 0.3) is 10.8 Å². The second-order valence-electron chi connectivity index (χ2n) is 11.2. The summed E-state index contributed by atoms with van der Waals surface area (Å²) in [6.45, 7) is 6.25.